The highest BCUT2D eigenvalue weighted by atomic mass is 15.2. The lowest BCUT2D eigenvalue weighted by molar-refractivity contribution is 0.187. The zero-order valence-electron chi connectivity index (χ0n) is 13.1. The Morgan fingerprint density at radius 3 is 2.58 bits per heavy atom. The molecule has 0 aliphatic heterocycles. The predicted octanol–water partition coefficient (Wildman–Crippen LogP) is 3.77. The molecule has 19 heavy (non-hydrogen) atoms. The third-order valence-electron chi connectivity index (χ3n) is 3.09. The Kier molecular flexibility index (Phi) is 6.85. The lowest BCUT2D eigenvalue weighted by Crippen LogP contribution is -2.33. The molecular weight excluding hydrogens is 234 g/mol. The van der Waals surface area contributed by atoms with Crippen LogP contribution in [0.15, 0.2) is 18.3 Å². The lowest BCUT2D eigenvalue weighted by atomic mass is 10.1. The van der Waals surface area contributed by atoms with Gasteiger partial charge in [0.05, 0.1) is 5.69 Å². The van der Waals surface area contributed by atoms with Crippen molar-refractivity contribution in [3.8, 4) is 0 Å². The first-order valence-corrected chi connectivity index (χ1v) is 7.45. The van der Waals surface area contributed by atoms with Gasteiger partial charge in [-0.1, -0.05) is 20.8 Å². The molecule has 0 aliphatic carbocycles. The largest absolute Gasteiger partial charge is 0.385 e. The highest BCUT2D eigenvalue weighted by molar-refractivity contribution is 5.43. The van der Waals surface area contributed by atoms with Crippen LogP contribution in [0.1, 0.15) is 46.7 Å². The summed E-state index contributed by atoms with van der Waals surface area (Å²) < 4.78 is 0. The van der Waals surface area contributed by atoms with Crippen LogP contribution in [-0.2, 0) is 6.54 Å². The summed E-state index contributed by atoms with van der Waals surface area (Å²) in [5.74, 6) is 0.684. The number of rotatable bonds is 8. The molecule has 1 rings (SSSR count). The van der Waals surface area contributed by atoms with Crippen LogP contribution in [0.25, 0.3) is 0 Å². The van der Waals surface area contributed by atoms with E-state index in [1.807, 2.05) is 12.3 Å². The normalized spacial score (nSPS) is 11.6. The third kappa shape index (κ3) is 6.06. The van der Waals surface area contributed by atoms with E-state index in [0.29, 0.717) is 12.0 Å². The number of nitrogens with one attached hydrogen (secondary N) is 1. The summed E-state index contributed by atoms with van der Waals surface area (Å²) in [6.07, 6.45) is 3.05. The fourth-order valence-corrected chi connectivity index (χ4v) is 2.08. The van der Waals surface area contributed by atoms with Gasteiger partial charge in [-0.25, -0.2) is 0 Å². The molecule has 0 atom stereocenters. The zero-order chi connectivity index (χ0) is 14.3. The first-order chi connectivity index (χ1) is 9.02. The first kappa shape index (κ1) is 16.0. The van der Waals surface area contributed by atoms with E-state index in [2.05, 4.69) is 55.9 Å². The maximum atomic E-state index is 4.50. The van der Waals surface area contributed by atoms with Gasteiger partial charge in [-0.3, -0.25) is 9.88 Å². The number of nitrogens with zero attached hydrogens (tertiary/aromatic N) is 2. The SMILES string of the molecule is CCCNc1ccnc(CN(CC(C)C)C(C)C)c1. The molecule has 3 heteroatoms. The Bertz CT molecular complexity index is 361. The average molecular weight is 263 g/mol. The highest BCUT2D eigenvalue weighted by Crippen LogP contribution is 2.13. The first-order valence-electron chi connectivity index (χ1n) is 7.45. The van der Waals surface area contributed by atoms with Gasteiger partial charge in [-0.05, 0) is 38.3 Å². The van der Waals surface area contributed by atoms with Crippen molar-refractivity contribution in [3.63, 3.8) is 0 Å². The molecule has 3 nitrogen and oxygen atoms in total. The van der Waals surface area contributed by atoms with Crippen LogP contribution in [0.3, 0.4) is 0 Å². The van der Waals surface area contributed by atoms with Crippen molar-refractivity contribution in [3.05, 3.63) is 24.0 Å². The number of aromatic nitrogens is 1. The number of anilines is 1. The minimum atomic E-state index is 0.552. The Labute approximate surface area is 118 Å². The lowest BCUT2D eigenvalue weighted by Gasteiger charge is -2.28. The summed E-state index contributed by atoms with van der Waals surface area (Å²) in [6, 6.07) is 4.77. The molecule has 1 N–H and O–H groups in total. The Hall–Kier alpha value is -1.09. The Morgan fingerprint density at radius 2 is 2.00 bits per heavy atom. The molecule has 0 bridgehead atoms. The van der Waals surface area contributed by atoms with Gasteiger partial charge in [0.25, 0.3) is 0 Å². The molecule has 0 amide bonds. The molecule has 1 heterocycles. The van der Waals surface area contributed by atoms with Gasteiger partial charge in [0.1, 0.15) is 0 Å². The average Bonchev–Trinajstić information content (AvgIpc) is 2.35. The van der Waals surface area contributed by atoms with Gasteiger partial charge >= 0.3 is 0 Å². The summed E-state index contributed by atoms with van der Waals surface area (Å²) in [5.41, 5.74) is 2.33. The van der Waals surface area contributed by atoms with Gasteiger partial charge in [-0.2, -0.15) is 0 Å². The van der Waals surface area contributed by atoms with Crippen molar-refractivity contribution >= 4 is 5.69 Å². The van der Waals surface area contributed by atoms with Gasteiger partial charge in [0.15, 0.2) is 0 Å². The van der Waals surface area contributed by atoms with Crippen LogP contribution in [0.4, 0.5) is 5.69 Å². The fourth-order valence-electron chi connectivity index (χ4n) is 2.08. The minimum Gasteiger partial charge on any atom is -0.385 e. The third-order valence-corrected chi connectivity index (χ3v) is 3.09. The summed E-state index contributed by atoms with van der Waals surface area (Å²) in [6.45, 7) is 14.3. The topological polar surface area (TPSA) is 28.2 Å². The molecule has 0 aliphatic rings. The molecule has 0 spiro atoms. The quantitative estimate of drug-likeness (QED) is 0.774. The van der Waals surface area contributed by atoms with Crippen LogP contribution < -0.4 is 5.32 Å². The van der Waals surface area contributed by atoms with Crippen molar-refractivity contribution in [2.75, 3.05) is 18.4 Å². The molecular formula is C16H29N3. The molecule has 1 aromatic rings. The van der Waals surface area contributed by atoms with Crippen LogP contribution in [0, 0.1) is 5.92 Å². The van der Waals surface area contributed by atoms with Crippen LogP contribution in [-0.4, -0.2) is 29.0 Å². The standard InChI is InChI=1S/C16H29N3/c1-6-8-17-15-7-9-18-16(10-15)12-19(14(4)5)11-13(2)3/h7,9-10,13-14H,6,8,11-12H2,1-5H3,(H,17,18). The van der Waals surface area contributed by atoms with Gasteiger partial charge < -0.3 is 5.32 Å². The Balaban J connectivity index is 2.67. The van der Waals surface area contributed by atoms with Crippen LogP contribution in [0.2, 0.25) is 0 Å². The van der Waals surface area contributed by atoms with Crippen molar-refractivity contribution in [1.29, 1.82) is 0 Å². The maximum Gasteiger partial charge on any atom is 0.0564 e. The smallest absolute Gasteiger partial charge is 0.0564 e. The molecule has 0 unspecified atom stereocenters. The van der Waals surface area contributed by atoms with E-state index in [9.17, 15) is 0 Å². The van der Waals surface area contributed by atoms with E-state index in [4.69, 9.17) is 0 Å². The summed E-state index contributed by atoms with van der Waals surface area (Å²) >= 11 is 0. The second-order valence-corrected chi connectivity index (χ2v) is 5.88. The molecule has 0 fully saturated rings. The van der Waals surface area contributed by atoms with Gasteiger partial charge in [0, 0.05) is 37.6 Å². The second-order valence-electron chi connectivity index (χ2n) is 5.88. The van der Waals surface area contributed by atoms with E-state index in [1.165, 1.54) is 5.69 Å². The van der Waals surface area contributed by atoms with E-state index in [1.54, 1.807) is 0 Å². The van der Waals surface area contributed by atoms with Crippen molar-refractivity contribution in [2.45, 2.75) is 53.6 Å². The molecule has 0 radical (unpaired) electrons. The number of hydrogen-bond acceptors (Lipinski definition) is 3. The van der Waals surface area contributed by atoms with Gasteiger partial charge in [-0.15, -0.1) is 0 Å². The highest BCUT2D eigenvalue weighted by Gasteiger charge is 2.12. The number of pyridine rings is 1. The number of hydrogen-bond donors (Lipinski definition) is 1. The minimum absolute atomic E-state index is 0.552. The molecule has 0 aromatic carbocycles. The van der Waals surface area contributed by atoms with Crippen LogP contribution in [0.5, 0.6) is 0 Å². The van der Waals surface area contributed by atoms with E-state index >= 15 is 0 Å². The van der Waals surface area contributed by atoms with Crippen molar-refractivity contribution < 1.29 is 0 Å². The van der Waals surface area contributed by atoms with Crippen LogP contribution >= 0.6 is 0 Å². The summed E-state index contributed by atoms with van der Waals surface area (Å²) in [5, 5.41) is 3.42. The summed E-state index contributed by atoms with van der Waals surface area (Å²) in [4.78, 5) is 6.98. The summed E-state index contributed by atoms with van der Waals surface area (Å²) in [7, 11) is 0. The monoisotopic (exact) mass is 263 g/mol. The Morgan fingerprint density at radius 1 is 1.26 bits per heavy atom. The molecule has 0 saturated carbocycles. The molecule has 0 saturated heterocycles. The predicted molar refractivity (Wildman–Crippen MR) is 83.4 cm³/mol. The second kappa shape index (κ2) is 8.16. The molecule has 108 valence electrons. The zero-order valence-corrected chi connectivity index (χ0v) is 13.1. The molecule has 1 aromatic heterocycles. The van der Waals surface area contributed by atoms with Gasteiger partial charge in [0.2, 0.25) is 0 Å². The maximum absolute atomic E-state index is 4.50. The van der Waals surface area contributed by atoms with E-state index in [0.717, 1.165) is 31.7 Å². The van der Waals surface area contributed by atoms with E-state index in [-0.39, 0.29) is 0 Å². The van der Waals surface area contributed by atoms with Crippen molar-refractivity contribution in [2.24, 2.45) is 5.92 Å². The fraction of sp³-hybridized carbons (Fsp3) is 0.688. The van der Waals surface area contributed by atoms with E-state index < -0.39 is 0 Å². The van der Waals surface area contributed by atoms with Crippen molar-refractivity contribution in [1.82, 2.24) is 9.88 Å².